The zero-order valence-electron chi connectivity index (χ0n) is 15.6. The van der Waals surface area contributed by atoms with Crippen LogP contribution in [-0.2, 0) is 11.2 Å². The van der Waals surface area contributed by atoms with Crippen LogP contribution >= 0.6 is 0 Å². The van der Waals surface area contributed by atoms with Gasteiger partial charge in [-0.3, -0.25) is 4.79 Å². The first kappa shape index (κ1) is 19.6. The van der Waals surface area contributed by atoms with Crippen LogP contribution in [-0.4, -0.2) is 39.3 Å². The van der Waals surface area contributed by atoms with Crippen LogP contribution in [0.3, 0.4) is 0 Å². The average Bonchev–Trinajstić information content (AvgIpc) is 2.65. The summed E-state index contributed by atoms with van der Waals surface area (Å²) in [6.07, 6.45) is 5.92. The van der Waals surface area contributed by atoms with Crippen molar-refractivity contribution < 1.29 is 14.3 Å². The number of carbonyl (C=O) groups is 1. The van der Waals surface area contributed by atoms with Gasteiger partial charge in [0.1, 0.15) is 0 Å². The minimum Gasteiger partial charge on any atom is -0.493 e. The highest BCUT2D eigenvalue weighted by molar-refractivity contribution is 5.75. The lowest BCUT2D eigenvalue weighted by Gasteiger charge is -2.22. The molecule has 0 radical (unpaired) electrons. The van der Waals surface area contributed by atoms with Crippen molar-refractivity contribution in [3.63, 3.8) is 0 Å². The maximum atomic E-state index is 12.0. The fourth-order valence-corrected chi connectivity index (χ4v) is 3.26. The Morgan fingerprint density at radius 1 is 1.28 bits per heavy atom. The molecule has 1 heterocycles. The van der Waals surface area contributed by atoms with Crippen LogP contribution in [0.1, 0.15) is 44.6 Å². The number of ether oxygens (including phenoxy) is 2. The van der Waals surface area contributed by atoms with Crippen molar-refractivity contribution >= 4 is 5.91 Å². The molecule has 1 aliphatic rings. The lowest BCUT2D eigenvalue weighted by Crippen LogP contribution is -2.29. The zero-order chi connectivity index (χ0) is 17.9. The van der Waals surface area contributed by atoms with Crippen molar-refractivity contribution in [2.45, 2.75) is 45.4 Å². The van der Waals surface area contributed by atoms with Crippen LogP contribution in [0.2, 0.25) is 0 Å². The van der Waals surface area contributed by atoms with Gasteiger partial charge in [-0.1, -0.05) is 6.07 Å². The smallest absolute Gasteiger partial charge is 0.220 e. The van der Waals surface area contributed by atoms with E-state index in [1.807, 2.05) is 19.1 Å². The highest BCUT2D eigenvalue weighted by atomic mass is 16.5. The maximum absolute atomic E-state index is 12.0. The van der Waals surface area contributed by atoms with Crippen molar-refractivity contribution in [3.8, 4) is 11.5 Å². The summed E-state index contributed by atoms with van der Waals surface area (Å²) >= 11 is 0. The van der Waals surface area contributed by atoms with Gasteiger partial charge < -0.3 is 20.1 Å². The van der Waals surface area contributed by atoms with E-state index in [0.29, 0.717) is 18.9 Å². The number of methoxy groups -OCH3 is 1. The normalized spacial score (nSPS) is 15.0. The summed E-state index contributed by atoms with van der Waals surface area (Å²) in [5.74, 6) is 2.44. The zero-order valence-corrected chi connectivity index (χ0v) is 15.6. The Morgan fingerprint density at radius 3 is 2.80 bits per heavy atom. The quantitative estimate of drug-likeness (QED) is 0.638. The largest absolute Gasteiger partial charge is 0.493 e. The van der Waals surface area contributed by atoms with Gasteiger partial charge in [0.25, 0.3) is 0 Å². The summed E-state index contributed by atoms with van der Waals surface area (Å²) in [6.45, 7) is 5.50. The van der Waals surface area contributed by atoms with E-state index in [-0.39, 0.29) is 5.91 Å². The average molecular weight is 348 g/mol. The molecule has 0 bridgehead atoms. The van der Waals surface area contributed by atoms with Gasteiger partial charge in [0, 0.05) is 13.0 Å². The molecule has 140 valence electrons. The molecule has 1 amide bonds. The van der Waals surface area contributed by atoms with E-state index in [9.17, 15) is 4.79 Å². The van der Waals surface area contributed by atoms with E-state index in [1.54, 1.807) is 7.11 Å². The molecule has 2 rings (SSSR count). The molecule has 0 saturated carbocycles. The fraction of sp³-hybridized carbons (Fsp3) is 0.650. The Kier molecular flexibility index (Phi) is 8.60. The van der Waals surface area contributed by atoms with Crippen LogP contribution in [0.25, 0.3) is 0 Å². The number of nitrogens with one attached hydrogen (secondary N) is 2. The lowest BCUT2D eigenvalue weighted by molar-refractivity contribution is -0.121. The SMILES string of the molecule is CCOc1cc(CCCNC(=O)CCC2CCNCC2)ccc1OC. The van der Waals surface area contributed by atoms with Crippen molar-refractivity contribution in [3.05, 3.63) is 23.8 Å². The van der Waals surface area contributed by atoms with E-state index < -0.39 is 0 Å². The predicted molar refractivity (Wildman–Crippen MR) is 100 cm³/mol. The Hall–Kier alpha value is -1.75. The minimum absolute atomic E-state index is 0.184. The number of benzene rings is 1. The third-order valence-corrected chi connectivity index (χ3v) is 4.73. The Balaban J connectivity index is 1.64. The first-order valence-corrected chi connectivity index (χ1v) is 9.50. The number of aryl methyl sites for hydroxylation is 1. The van der Waals surface area contributed by atoms with Gasteiger partial charge in [0.2, 0.25) is 5.91 Å². The van der Waals surface area contributed by atoms with Crippen LogP contribution in [0.15, 0.2) is 18.2 Å². The molecule has 5 heteroatoms. The summed E-state index contributed by atoms with van der Waals surface area (Å²) in [5, 5.41) is 6.41. The molecule has 1 aliphatic heterocycles. The molecule has 0 atom stereocenters. The van der Waals surface area contributed by atoms with Crippen molar-refractivity contribution in [1.82, 2.24) is 10.6 Å². The molecular weight excluding hydrogens is 316 g/mol. The first-order valence-electron chi connectivity index (χ1n) is 9.50. The predicted octanol–water partition coefficient (Wildman–Crippen LogP) is 2.92. The minimum atomic E-state index is 0.184. The molecule has 0 aromatic heterocycles. The first-order chi connectivity index (χ1) is 12.2. The number of carbonyl (C=O) groups excluding carboxylic acids is 1. The van der Waals surface area contributed by atoms with Gasteiger partial charge in [-0.2, -0.15) is 0 Å². The van der Waals surface area contributed by atoms with Gasteiger partial charge in [-0.05, 0) is 75.7 Å². The molecule has 0 spiro atoms. The second-order valence-electron chi connectivity index (χ2n) is 6.60. The number of hydrogen-bond donors (Lipinski definition) is 2. The Bertz CT molecular complexity index is 528. The second kappa shape index (κ2) is 11.0. The van der Waals surface area contributed by atoms with Crippen molar-refractivity contribution in [2.75, 3.05) is 33.4 Å². The van der Waals surface area contributed by atoms with Crippen molar-refractivity contribution in [1.29, 1.82) is 0 Å². The van der Waals surface area contributed by atoms with Crippen LogP contribution in [0.5, 0.6) is 11.5 Å². The van der Waals surface area contributed by atoms with Gasteiger partial charge >= 0.3 is 0 Å². The topological polar surface area (TPSA) is 59.6 Å². The van der Waals surface area contributed by atoms with E-state index in [0.717, 1.165) is 50.4 Å². The standard InChI is InChI=1S/C20H32N2O3/c1-3-25-19-15-17(6-8-18(19)24-2)5-4-12-22-20(23)9-7-16-10-13-21-14-11-16/h6,8,15-16,21H,3-5,7,9-14H2,1-2H3,(H,22,23). The van der Waals surface area contributed by atoms with E-state index in [1.165, 1.54) is 18.4 Å². The Morgan fingerprint density at radius 2 is 2.08 bits per heavy atom. The number of piperidine rings is 1. The highest BCUT2D eigenvalue weighted by Gasteiger charge is 2.14. The number of rotatable bonds is 10. The van der Waals surface area contributed by atoms with E-state index in [2.05, 4.69) is 16.7 Å². The maximum Gasteiger partial charge on any atom is 0.220 e. The molecule has 0 unspecified atom stereocenters. The van der Waals surface area contributed by atoms with Crippen LogP contribution < -0.4 is 20.1 Å². The Labute approximate surface area is 151 Å². The third kappa shape index (κ3) is 6.94. The molecule has 0 aliphatic carbocycles. The molecule has 5 nitrogen and oxygen atoms in total. The molecule has 2 N–H and O–H groups in total. The second-order valence-corrected chi connectivity index (χ2v) is 6.60. The monoisotopic (exact) mass is 348 g/mol. The van der Waals surface area contributed by atoms with Gasteiger partial charge in [0.05, 0.1) is 13.7 Å². The molecule has 25 heavy (non-hydrogen) atoms. The van der Waals surface area contributed by atoms with Crippen molar-refractivity contribution in [2.24, 2.45) is 5.92 Å². The van der Waals surface area contributed by atoms with E-state index >= 15 is 0 Å². The van der Waals surface area contributed by atoms with E-state index in [4.69, 9.17) is 9.47 Å². The summed E-state index contributed by atoms with van der Waals surface area (Å²) in [4.78, 5) is 12.0. The third-order valence-electron chi connectivity index (χ3n) is 4.73. The summed E-state index contributed by atoms with van der Waals surface area (Å²) in [5.41, 5.74) is 1.20. The number of amides is 1. The van der Waals surface area contributed by atoms with Crippen LogP contribution in [0.4, 0.5) is 0 Å². The summed E-state index contributed by atoms with van der Waals surface area (Å²) < 4.78 is 10.9. The van der Waals surface area contributed by atoms with Gasteiger partial charge in [0.15, 0.2) is 11.5 Å². The molecule has 1 saturated heterocycles. The fourth-order valence-electron chi connectivity index (χ4n) is 3.26. The van der Waals surface area contributed by atoms with Crippen LogP contribution in [0, 0.1) is 5.92 Å². The molecular formula is C20H32N2O3. The molecule has 1 aromatic rings. The molecule has 1 fully saturated rings. The van der Waals surface area contributed by atoms with Gasteiger partial charge in [-0.25, -0.2) is 0 Å². The summed E-state index contributed by atoms with van der Waals surface area (Å²) in [6, 6.07) is 6.03. The van der Waals surface area contributed by atoms with Gasteiger partial charge in [-0.15, -0.1) is 0 Å². The number of hydrogen-bond acceptors (Lipinski definition) is 4. The summed E-state index contributed by atoms with van der Waals surface area (Å²) in [7, 11) is 1.65. The molecule has 1 aromatic carbocycles. The lowest BCUT2D eigenvalue weighted by atomic mass is 9.93. The highest BCUT2D eigenvalue weighted by Crippen LogP contribution is 2.28.